The Hall–Kier alpha value is -1.62. The summed E-state index contributed by atoms with van der Waals surface area (Å²) in [5, 5.41) is 21.5. The van der Waals surface area contributed by atoms with Crippen LogP contribution in [-0.4, -0.2) is 29.3 Å². The van der Waals surface area contributed by atoms with Gasteiger partial charge in [0.25, 0.3) is 0 Å². The van der Waals surface area contributed by atoms with Gasteiger partial charge in [0.15, 0.2) is 0 Å². The molecule has 1 aromatic rings. The SMILES string of the molecule is O=C(O)c1ccc(F)c(NCC2(CO)CCCCC2)c1. The predicted octanol–water partition coefficient (Wildman–Crippen LogP) is 2.88. The molecule has 0 aliphatic heterocycles. The van der Waals surface area contributed by atoms with Crippen molar-refractivity contribution < 1.29 is 19.4 Å². The van der Waals surface area contributed by atoms with E-state index < -0.39 is 11.8 Å². The molecular formula is C15H20FNO3. The van der Waals surface area contributed by atoms with Crippen LogP contribution >= 0.6 is 0 Å². The van der Waals surface area contributed by atoms with Gasteiger partial charge < -0.3 is 15.5 Å². The molecule has 0 heterocycles. The molecule has 0 bridgehead atoms. The number of aromatic carboxylic acids is 1. The van der Waals surface area contributed by atoms with Crippen molar-refractivity contribution in [2.45, 2.75) is 32.1 Å². The first-order valence-electron chi connectivity index (χ1n) is 6.94. The number of hydrogen-bond acceptors (Lipinski definition) is 3. The summed E-state index contributed by atoms with van der Waals surface area (Å²) in [6, 6.07) is 3.69. The molecule has 4 nitrogen and oxygen atoms in total. The van der Waals surface area contributed by atoms with Crippen molar-refractivity contribution in [3.63, 3.8) is 0 Å². The Balaban J connectivity index is 2.09. The first kappa shape index (κ1) is 14.8. The molecule has 2 rings (SSSR count). The highest BCUT2D eigenvalue weighted by Gasteiger charge is 2.31. The van der Waals surface area contributed by atoms with Gasteiger partial charge in [0.05, 0.1) is 17.9 Å². The maximum atomic E-state index is 13.7. The number of nitrogens with one attached hydrogen (secondary N) is 1. The number of hydrogen-bond donors (Lipinski definition) is 3. The topological polar surface area (TPSA) is 69.6 Å². The lowest BCUT2D eigenvalue weighted by Gasteiger charge is -2.36. The van der Waals surface area contributed by atoms with Crippen molar-refractivity contribution >= 4 is 11.7 Å². The molecular weight excluding hydrogens is 261 g/mol. The van der Waals surface area contributed by atoms with Crippen molar-refractivity contribution in [1.29, 1.82) is 0 Å². The quantitative estimate of drug-likeness (QED) is 0.776. The van der Waals surface area contributed by atoms with Gasteiger partial charge in [0.2, 0.25) is 0 Å². The number of benzene rings is 1. The Morgan fingerprint density at radius 3 is 2.60 bits per heavy atom. The number of anilines is 1. The smallest absolute Gasteiger partial charge is 0.335 e. The van der Waals surface area contributed by atoms with Gasteiger partial charge in [-0.05, 0) is 31.0 Å². The molecule has 0 spiro atoms. The highest BCUT2D eigenvalue weighted by molar-refractivity contribution is 5.88. The van der Waals surface area contributed by atoms with Crippen molar-refractivity contribution in [3.8, 4) is 0 Å². The second-order valence-corrected chi connectivity index (χ2v) is 5.57. The van der Waals surface area contributed by atoms with Gasteiger partial charge in [-0.25, -0.2) is 9.18 Å². The number of halogens is 1. The van der Waals surface area contributed by atoms with Crippen LogP contribution in [0.4, 0.5) is 10.1 Å². The maximum Gasteiger partial charge on any atom is 0.335 e. The van der Waals surface area contributed by atoms with E-state index in [-0.39, 0.29) is 23.3 Å². The molecule has 0 aromatic heterocycles. The summed E-state index contributed by atoms with van der Waals surface area (Å²) in [4.78, 5) is 10.9. The minimum absolute atomic E-state index is 0.0515. The van der Waals surface area contributed by atoms with Gasteiger partial charge in [0.1, 0.15) is 5.82 Å². The molecule has 0 amide bonds. The van der Waals surface area contributed by atoms with Crippen molar-refractivity contribution in [1.82, 2.24) is 0 Å². The van der Waals surface area contributed by atoms with Gasteiger partial charge in [-0.3, -0.25) is 0 Å². The molecule has 20 heavy (non-hydrogen) atoms. The van der Waals surface area contributed by atoms with Crippen LogP contribution in [0.2, 0.25) is 0 Å². The number of carboxylic acid groups (broad SMARTS) is 1. The minimum Gasteiger partial charge on any atom is -0.478 e. The fourth-order valence-electron chi connectivity index (χ4n) is 2.77. The molecule has 1 saturated carbocycles. The summed E-state index contributed by atoms with van der Waals surface area (Å²) < 4.78 is 13.7. The molecule has 0 atom stereocenters. The monoisotopic (exact) mass is 281 g/mol. The lowest BCUT2D eigenvalue weighted by atomic mass is 9.74. The summed E-state index contributed by atoms with van der Waals surface area (Å²) in [6.07, 6.45) is 5.14. The average Bonchev–Trinajstić information content (AvgIpc) is 2.47. The summed E-state index contributed by atoms with van der Waals surface area (Å²) >= 11 is 0. The van der Waals surface area contributed by atoms with Crippen LogP contribution in [-0.2, 0) is 0 Å². The van der Waals surface area contributed by atoms with Crippen LogP contribution in [0.15, 0.2) is 18.2 Å². The number of rotatable bonds is 5. The Labute approximate surface area is 117 Å². The molecule has 0 unspecified atom stereocenters. The van der Waals surface area contributed by atoms with Gasteiger partial charge in [-0.2, -0.15) is 0 Å². The second-order valence-electron chi connectivity index (χ2n) is 5.57. The third-order valence-corrected chi connectivity index (χ3v) is 4.12. The molecule has 1 aliphatic rings. The molecule has 1 aromatic carbocycles. The van der Waals surface area contributed by atoms with Gasteiger partial charge in [-0.15, -0.1) is 0 Å². The van der Waals surface area contributed by atoms with E-state index in [1.54, 1.807) is 0 Å². The van der Waals surface area contributed by atoms with E-state index in [1.807, 2.05) is 0 Å². The highest BCUT2D eigenvalue weighted by atomic mass is 19.1. The van der Waals surface area contributed by atoms with Crippen LogP contribution < -0.4 is 5.32 Å². The Morgan fingerprint density at radius 1 is 1.30 bits per heavy atom. The summed E-state index contributed by atoms with van der Waals surface area (Å²) in [5.41, 5.74) is 0.0167. The second kappa shape index (κ2) is 6.22. The predicted molar refractivity (Wildman–Crippen MR) is 74.5 cm³/mol. The van der Waals surface area contributed by atoms with E-state index in [1.165, 1.54) is 18.6 Å². The zero-order valence-corrected chi connectivity index (χ0v) is 11.4. The minimum atomic E-state index is -1.08. The largest absolute Gasteiger partial charge is 0.478 e. The van der Waals surface area contributed by atoms with Crippen molar-refractivity contribution in [2.24, 2.45) is 5.41 Å². The van der Waals surface area contributed by atoms with E-state index in [9.17, 15) is 14.3 Å². The van der Waals surface area contributed by atoms with Crippen LogP contribution in [0.5, 0.6) is 0 Å². The lowest BCUT2D eigenvalue weighted by molar-refractivity contribution is 0.0697. The molecule has 1 aliphatic carbocycles. The zero-order valence-electron chi connectivity index (χ0n) is 11.4. The fraction of sp³-hybridized carbons (Fsp3) is 0.533. The molecule has 110 valence electrons. The van der Waals surface area contributed by atoms with Gasteiger partial charge >= 0.3 is 5.97 Å². The maximum absolute atomic E-state index is 13.7. The van der Waals surface area contributed by atoms with Gasteiger partial charge in [0, 0.05) is 12.0 Å². The number of aliphatic hydroxyl groups excluding tert-OH is 1. The molecule has 0 saturated heterocycles. The number of aliphatic hydroxyl groups is 1. The van der Waals surface area contributed by atoms with Crippen LogP contribution in [0.3, 0.4) is 0 Å². The summed E-state index contributed by atoms with van der Waals surface area (Å²) in [7, 11) is 0. The Kier molecular flexibility index (Phi) is 4.60. The Morgan fingerprint density at radius 2 is 2.00 bits per heavy atom. The van der Waals surface area contributed by atoms with E-state index in [0.717, 1.165) is 31.7 Å². The van der Waals surface area contributed by atoms with Crippen molar-refractivity contribution in [3.05, 3.63) is 29.6 Å². The summed E-state index contributed by atoms with van der Waals surface area (Å²) in [5.74, 6) is -1.55. The molecule has 1 fully saturated rings. The third kappa shape index (κ3) is 3.28. The Bertz CT molecular complexity index is 484. The lowest BCUT2D eigenvalue weighted by Crippen LogP contribution is -2.35. The highest BCUT2D eigenvalue weighted by Crippen LogP contribution is 2.36. The van der Waals surface area contributed by atoms with Crippen LogP contribution in [0.1, 0.15) is 42.5 Å². The van der Waals surface area contributed by atoms with E-state index in [0.29, 0.717) is 6.54 Å². The van der Waals surface area contributed by atoms with E-state index >= 15 is 0 Å². The molecule has 3 N–H and O–H groups in total. The number of carbonyl (C=O) groups is 1. The van der Waals surface area contributed by atoms with E-state index in [2.05, 4.69) is 5.32 Å². The number of carboxylic acids is 1. The van der Waals surface area contributed by atoms with E-state index in [4.69, 9.17) is 5.11 Å². The van der Waals surface area contributed by atoms with Crippen LogP contribution in [0.25, 0.3) is 0 Å². The zero-order chi connectivity index (χ0) is 14.6. The first-order valence-corrected chi connectivity index (χ1v) is 6.94. The first-order chi connectivity index (χ1) is 9.56. The summed E-state index contributed by atoms with van der Waals surface area (Å²) in [6.45, 7) is 0.531. The molecule has 5 heteroatoms. The fourth-order valence-corrected chi connectivity index (χ4v) is 2.77. The van der Waals surface area contributed by atoms with Crippen LogP contribution in [0, 0.1) is 11.2 Å². The standard InChI is InChI=1S/C15H20FNO3/c16-12-5-4-11(14(19)20)8-13(12)17-9-15(10-18)6-2-1-3-7-15/h4-5,8,17-18H,1-3,6-7,9-10H2,(H,19,20). The van der Waals surface area contributed by atoms with Gasteiger partial charge in [-0.1, -0.05) is 19.3 Å². The average molecular weight is 281 g/mol. The third-order valence-electron chi connectivity index (χ3n) is 4.12. The normalized spacial score (nSPS) is 17.7. The molecule has 0 radical (unpaired) electrons. The van der Waals surface area contributed by atoms with Crippen molar-refractivity contribution in [2.75, 3.05) is 18.5 Å².